The zero-order valence-electron chi connectivity index (χ0n) is 16.6. The van der Waals surface area contributed by atoms with Crippen molar-refractivity contribution in [1.29, 1.82) is 0 Å². The molecule has 1 N–H and O–H groups in total. The Labute approximate surface area is 159 Å². The zero-order valence-corrected chi connectivity index (χ0v) is 16.6. The van der Waals surface area contributed by atoms with Crippen LogP contribution in [0.25, 0.3) is 5.65 Å². The number of hydrogen-bond acceptors (Lipinski definition) is 6. The lowest BCUT2D eigenvalue weighted by molar-refractivity contribution is 0.0528. The number of carbonyl (C=O) groups is 1. The van der Waals surface area contributed by atoms with E-state index in [-0.39, 0.29) is 23.3 Å². The predicted octanol–water partition coefficient (Wildman–Crippen LogP) is 1.51. The zero-order chi connectivity index (χ0) is 19.6. The first-order chi connectivity index (χ1) is 12.8. The van der Waals surface area contributed by atoms with Crippen LogP contribution in [0.3, 0.4) is 0 Å². The standard InChI is InChI=1S/C19H29N5O3/c1-5-27-18(26)15-12-20-24-16(25)11-14(21-17(15)24)13-22-7-6-8-23(10-9-22)19(2,3)4/h11-12,20H,5-10,13H2,1-4H3. The second kappa shape index (κ2) is 7.82. The van der Waals surface area contributed by atoms with Crippen LogP contribution in [0.2, 0.25) is 0 Å². The number of aromatic nitrogens is 3. The van der Waals surface area contributed by atoms with Crippen molar-refractivity contribution >= 4 is 11.6 Å². The fraction of sp³-hybridized carbons (Fsp3) is 0.632. The lowest BCUT2D eigenvalue weighted by atomic mass is 10.1. The number of hydrogen-bond donors (Lipinski definition) is 1. The van der Waals surface area contributed by atoms with Crippen LogP contribution in [0.4, 0.5) is 0 Å². The first-order valence-electron chi connectivity index (χ1n) is 9.54. The van der Waals surface area contributed by atoms with Gasteiger partial charge in [0.2, 0.25) is 0 Å². The van der Waals surface area contributed by atoms with Gasteiger partial charge in [0.1, 0.15) is 5.56 Å². The number of aromatic amines is 1. The molecule has 0 unspecified atom stereocenters. The van der Waals surface area contributed by atoms with Gasteiger partial charge in [-0.15, -0.1) is 0 Å². The molecule has 3 heterocycles. The largest absolute Gasteiger partial charge is 0.462 e. The van der Waals surface area contributed by atoms with E-state index in [0.29, 0.717) is 17.9 Å². The molecule has 2 aromatic rings. The summed E-state index contributed by atoms with van der Waals surface area (Å²) in [6.45, 7) is 13.3. The van der Waals surface area contributed by atoms with Gasteiger partial charge in [0.15, 0.2) is 5.65 Å². The summed E-state index contributed by atoms with van der Waals surface area (Å²) in [4.78, 5) is 33.9. The Morgan fingerprint density at radius 1 is 1.26 bits per heavy atom. The average Bonchev–Trinajstić information content (AvgIpc) is 2.86. The third-order valence-electron chi connectivity index (χ3n) is 4.97. The van der Waals surface area contributed by atoms with Crippen LogP contribution in [0.1, 0.15) is 50.2 Å². The van der Waals surface area contributed by atoms with Crippen molar-refractivity contribution < 1.29 is 9.53 Å². The predicted molar refractivity (Wildman–Crippen MR) is 103 cm³/mol. The molecular formula is C19H29N5O3. The number of rotatable bonds is 4. The van der Waals surface area contributed by atoms with Crippen LogP contribution in [-0.4, -0.2) is 68.7 Å². The summed E-state index contributed by atoms with van der Waals surface area (Å²) >= 11 is 0. The summed E-state index contributed by atoms with van der Waals surface area (Å²) in [5.41, 5.74) is 1.21. The van der Waals surface area contributed by atoms with Crippen molar-refractivity contribution in [2.24, 2.45) is 0 Å². The van der Waals surface area contributed by atoms with Gasteiger partial charge in [-0.05, 0) is 47.2 Å². The maximum absolute atomic E-state index is 12.4. The van der Waals surface area contributed by atoms with Crippen LogP contribution in [0.5, 0.6) is 0 Å². The van der Waals surface area contributed by atoms with Gasteiger partial charge in [0, 0.05) is 37.4 Å². The molecular weight excluding hydrogens is 346 g/mol. The Kier molecular flexibility index (Phi) is 5.67. The smallest absolute Gasteiger partial charge is 0.343 e. The Balaban J connectivity index is 1.80. The van der Waals surface area contributed by atoms with E-state index < -0.39 is 5.97 Å². The number of fused-ring (bicyclic) bond motifs is 1. The van der Waals surface area contributed by atoms with E-state index in [0.717, 1.165) is 32.6 Å². The summed E-state index contributed by atoms with van der Waals surface area (Å²) in [6, 6.07) is 1.53. The summed E-state index contributed by atoms with van der Waals surface area (Å²) < 4.78 is 6.33. The molecule has 8 nitrogen and oxygen atoms in total. The van der Waals surface area contributed by atoms with Crippen LogP contribution in [-0.2, 0) is 11.3 Å². The number of carbonyl (C=O) groups excluding carboxylic acids is 1. The van der Waals surface area contributed by atoms with Gasteiger partial charge in [0.25, 0.3) is 5.56 Å². The minimum Gasteiger partial charge on any atom is -0.462 e. The Morgan fingerprint density at radius 3 is 2.74 bits per heavy atom. The number of H-pyrrole nitrogens is 1. The summed E-state index contributed by atoms with van der Waals surface area (Å²) in [5.74, 6) is -0.476. The van der Waals surface area contributed by atoms with Crippen LogP contribution >= 0.6 is 0 Å². The van der Waals surface area contributed by atoms with Crippen molar-refractivity contribution in [2.75, 3.05) is 32.8 Å². The lowest BCUT2D eigenvalue weighted by Gasteiger charge is -2.34. The molecule has 8 heteroatoms. The lowest BCUT2D eigenvalue weighted by Crippen LogP contribution is -2.43. The highest BCUT2D eigenvalue weighted by molar-refractivity contribution is 5.95. The van der Waals surface area contributed by atoms with E-state index in [1.165, 1.54) is 16.8 Å². The highest BCUT2D eigenvalue weighted by Crippen LogP contribution is 2.17. The summed E-state index contributed by atoms with van der Waals surface area (Å²) in [7, 11) is 0. The molecule has 3 rings (SSSR count). The number of ether oxygens (including phenoxy) is 1. The molecule has 0 saturated carbocycles. The molecule has 27 heavy (non-hydrogen) atoms. The van der Waals surface area contributed by atoms with Crippen molar-refractivity contribution in [2.45, 2.75) is 46.2 Å². The van der Waals surface area contributed by atoms with E-state index in [4.69, 9.17) is 4.74 Å². The quantitative estimate of drug-likeness (QED) is 0.816. The van der Waals surface area contributed by atoms with E-state index in [1.54, 1.807) is 6.92 Å². The second-order valence-electron chi connectivity index (χ2n) is 7.94. The molecule has 1 aliphatic rings. The first kappa shape index (κ1) is 19.6. The van der Waals surface area contributed by atoms with E-state index >= 15 is 0 Å². The molecule has 148 valence electrons. The van der Waals surface area contributed by atoms with Gasteiger partial charge in [-0.3, -0.25) is 19.7 Å². The van der Waals surface area contributed by atoms with Crippen LogP contribution in [0, 0.1) is 0 Å². The molecule has 0 aliphatic carbocycles. The second-order valence-corrected chi connectivity index (χ2v) is 7.94. The topological polar surface area (TPSA) is 82.9 Å². The van der Waals surface area contributed by atoms with Crippen molar-refractivity contribution in [1.82, 2.24) is 24.4 Å². The van der Waals surface area contributed by atoms with E-state index in [1.807, 2.05) is 0 Å². The molecule has 1 saturated heterocycles. The molecule has 2 aromatic heterocycles. The van der Waals surface area contributed by atoms with Gasteiger partial charge in [-0.1, -0.05) is 0 Å². The monoisotopic (exact) mass is 375 g/mol. The van der Waals surface area contributed by atoms with Crippen molar-refractivity contribution in [3.8, 4) is 0 Å². The van der Waals surface area contributed by atoms with E-state index in [2.05, 4.69) is 40.7 Å². The molecule has 0 bridgehead atoms. The Morgan fingerprint density at radius 2 is 2.04 bits per heavy atom. The number of esters is 1. The SMILES string of the molecule is CCOC(=O)c1c[nH]n2c(=O)cc(CN3CCCN(C(C)(C)C)CC3)nc12. The van der Waals surface area contributed by atoms with E-state index in [9.17, 15) is 9.59 Å². The maximum atomic E-state index is 12.4. The molecule has 0 spiro atoms. The van der Waals surface area contributed by atoms with Gasteiger partial charge in [-0.2, -0.15) is 0 Å². The first-order valence-corrected chi connectivity index (χ1v) is 9.54. The fourth-order valence-corrected chi connectivity index (χ4v) is 3.50. The maximum Gasteiger partial charge on any atom is 0.343 e. The fourth-order valence-electron chi connectivity index (χ4n) is 3.50. The third-order valence-corrected chi connectivity index (χ3v) is 4.97. The minimum atomic E-state index is -0.476. The number of nitrogens with zero attached hydrogens (tertiary/aromatic N) is 4. The van der Waals surface area contributed by atoms with Gasteiger partial charge in [-0.25, -0.2) is 14.3 Å². The molecule has 1 aliphatic heterocycles. The minimum absolute atomic E-state index is 0.158. The molecule has 1 fully saturated rings. The molecule has 0 radical (unpaired) electrons. The van der Waals surface area contributed by atoms with Crippen LogP contribution < -0.4 is 5.56 Å². The Bertz CT molecular complexity index is 864. The normalized spacial score (nSPS) is 17.2. The van der Waals surface area contributed by atoms with Gasteiger partial charge in [0.05, 0.1) is 12.3 Å². The van der Waals surface area contributed by atoms with Crippen LogP contribution in [0.15, 0.2) is 17.1 Å². The number of nitrogens with one attached hydrogen (secondary N) is 1. The van der Waals surface area contributed by atoms with Gasteiger partial charge >= 0.3 is 5.97 Å². The average molecular weight is 375 g/mol. The highest BCUT2D eigenvalue weighted by Gasteiger charge is 2.24. The Hall–Kier alpha value is -2.19. The molecule has 0 amide bonds. The molecule has 0 atom stereocenters. The summed E-state index contributed by atoms with van der Waals surface area (Å²) in [6.07, 6.45) is 2.55. The summed E-state index contributed by atoms with van der Waals surface area (Å²) in [5, 5.41) is 2.78. The van der Waals surface area contributed by atoms with Crippen molar-refractivity contribution in [3.63, 3.8) is 0 Å². The highest BCUT2D eigenvalue weighted by atomic mass is 16.5. The van der Waals surface area contributed by atoms with Crippen molar-refractivity contribution in [3.05, 3.63) is 33.9 Å². The van der Waals surface area contributed by atoms with Gasteiger partial charge < -0.3 is 4.74 Å². The molecule has 0 aromatic carbocycles. The third kappa shape index (κ3) is 4.39.